The van der Waals surface area contributed by atoms with Crippen molar-refractivity contribution in [2.24, 2.45) is 0 Å². The second-order valence-electron chi connectivity index (χ2n) is 2.64. The Morgan fingerprint density at radius 1 is 1.40 bits per heavy atom. The molecule has 0 fully saturated rings. The first kappa shape index (κ1) is 9.96. The van der Waals surface area contributed by atoms with E-state index >= 15 is 0 Å². The summed E-state index contributed by atoms with van der Waals surface area (Å²) < 4.78 is 5.18. The number of unbranched alkanes of at least 4 members (excludes halogenated alkanes) is 2. The van der Waals surface area contributed by atoms with Gasteiger partial charge >= 0.3 is 0 Å². The summed E-state index contributed by atoms with van der Waals surface area (Å²) in [7, 11) is 1.77. The van der Waals surface area contributed by atoms with Gasteiger partial charge in [0, 0.05) is 7.11 Å². The Labute approximate surface area is 64.8 Å². The van der Waals surface area contributed by atoms with Crippen LogP contribution in [-0.2, 0) is 4.74 Å². The zero-order chi connectivity index (χ0) is 7.82. The topological polar surface area (TPSA) is 9.23 Å². The SMILES string of the molecule is [CH2]CC(CCCCC)OC. The first-order chi connectivity index (χ1) is 4.85. The number of rotatable bonds is 6. The third kappa shape index (κ3) is 4.80. The minimum absolute atomic E-state index is 0.395. The van der Waals surface area contributed by atoms with Gasteiger partial charge in [-0.15, -0.1) is 0 Å². The molecule has 0 amide bonds. The van der Waals surface area contributed by atoms with Gasteiger partial charge in [-0.2, -0.15) is 0 Å². The summed E-state index contributed by atoms with van der Waals surface area (Å²) in [5, 5.41) is 0. The normalized spacial score (nSPS) is 13.5. The zero-order valence-electron chi connectivity index (χ0n) is 7.23. The highest BCUT2D eigenvalue weighted by Crippen LogP contribution is 2.07. The van der Waals surface area contributed by atoms with Crippen LogP contribution in [0, 0.1) is 6.92 Å². The average Bonchev–Trinajstić information content (AvgIpc) is 1.99. The van der Waals surface area contributed by atoms with E-state index in [1.807, 2.05) is 0 Å². The highest BCUT2D eigenvalue weighted by Gasteiger charge is 2.01. The second kappa shape index (κ2) is 7.07. The van der Waals surface area contributed by atoms with Crippen molar-refractivity contribution in [3.8, 4) is 0 Å². The molecular formula is C9H19O. The van der Waals surface area contributed by atoms with Crippen molar-refractivity contribution in [1.29, 1.82) is 0 Å². The van der Waals surface area contributed by atoms with E-state index in [4.69, 9.17) is 4.74 Å². The van der Waals surface area contributed by atoms with Crippen molar-refractivity contribution in [2.75, 3.05) is 7.11 Å². The molecule has 0 saturated carbocycles. The maximum Gasteiger partial charge on any atom is 0.0571 e. The van der Waals surface area contributed by atoms with Crippen LogP contribution in [0.25, 0.3) is 0 Å². The Bertz CT molecular complexity index is 57.7. The molecule has 0 aliphatic carbocycles. The second-order valence-corrected chi connectivity index (χ2v) is 2.64. The Balaban J connectivity index is 3.09. The molecule has 0 N–H and O–H groups in total. The molecule has 1 unspecified atom stereocenters. The monoisotopic (exact) mass is 143 g/mol. The lowest BCUT2D eigenvalue weighted by Gasteiger charge is -2.11. The van der Waals surface area contributed by atoms with E-state index in [9.17, 15) is 0 Å². The maximum absolute atomic E-state index is 5.18. The van der Waals surface area contributed by atoms with Gasteiger partial charge in [-0.1, -0.05) is 33.1 Å². The molecule has 10 heavy (non-hydrogen) atoms. The molecule has 0 aliphatic rings. The quantitative estimate of drug-likeness (QED) is 0.519. The van der Waals surface area contributed by atoms with Gasteiger partial charge in [-0.05, 0) is 12.8 Å². The smallest absolute Gasteiger partial charge is 0.0571 e. The predicted molar refractivity (Wildman–Crippen MR) is 44.9 cm³/mol. The van der Waals surface area contributed by atoms with Crippen LogP contribution in [0.5, 0.6) is 0 Å². The van der Waals surface area contributed by atoms with Crippen LogP contribution < -0.4 is 0 Å². The number of ether oxygens (including phenoxy) is 1. The van der Waals surface area contributed by atoms with Crippen LogP contribution >= 0.6 is 0 Å². The molecule has 0 saturated heterocycles. The first-order valence-electron chi connectivity index (χ1n) is 4.17. The first-order valence-corrected chi connectivity index (χ1v) is 4.17. The summed E-state index contributed by atoms with van der Waals surface area (Å²) in [5.74, 6) is 0. The Kier molecular flexibility index (Phi) is 7.04. The molecule has 0 aromatic heterocycles. The molecule has 61 valence electrons. The molecule has 0 bridgehead atoms. The van der Waals surface area contributed by atoms with Gasteiger partial charge in [0.2, 0.25) is 0 Å². The van der Waals surface area contributed by atoms with E-state index in [-0.39, 0.29) is 0 Å². The lowest BCUT2D eigenvalue weighted by molar-refractivity contribution is 0.0948. The molecule has 1 nitrogen and oxygen atoms in total. The van der Waals surface area contributed by atoms with Crippen LogP contribution in [-0.4, -0.2) is 13.2 Å². The van der Waals surface area contributed by atoms with Crippen molar-refractivity contribution in [3.05, 3.63) is 6.92 Å². The van der Waals surface area contributed by atoms with Gasteiger partial charge in [-0.3, -0.25) is 0 Å². The highest BCUT2D eigenvalue weighted by atomic mass is 16.5. The number of hydrogen-bond acceptors (Lipinski definition) is 1. The Morgan fingerprint density at radius 2 is 2.10 bits per heavy atom. The fraction of sp³-hybridized carbons (Fsp3) is 0.889. The van der Waals surface area contributed by atoms with Crippen molar-refractivity contribution in [2.45, 2.75) is 45.1 Å². The van der Waals surface area contributed by atoms with E-state index < -0.39 is 0 Å². The molecule has 0 spiro atoms. The van der Waals surface area contributed by atoms with Crippen LogP contribution in [0.15, 0.2) is 0 Å². The van der Waals surface area contributed by atoms with Gasteiger partial charge in [0.25, 0.3) is 0 Å². The van der Waals surface area contributed by atoms with Gasteiger partial charge < -0.3 is 4.74 Å². The summed E-state index contributed by atoms with van der Waals surface area (Å²) in [4.78, 5) is 0. The van der Waals surface area contributed by atoms with Gasteiger partial charge in [0.1, 0.15) is 0 Å². The maximum atomic E-state index is 5.18. The van der Waals surface area contributed by atoms with Crippen molar-refractivity contribution in [3.63, 3.8) is 0 Å². The molecule has 1 atom stereocenters. The van der Waals surface area contributed by atoms with Gasteiger partial charge in [0.05, 0.1) is 6.10 Å². The van der Waals surface area contributed by atoms with Crippen molar-refractivity contribution in [1.82, 2.24) is 0 Å². The Morgan fingerprint density at radius 3 is 2.50 bits per heavy atom. The summed E-state index contributed by atoms with van der Waals surface area (Å²) >= 11 is 0. The molecule has 0 heterocycles. The molecule has 0 aromatic carbocycles. The van der Waals surface area contributed by atoms with Crippen molar-refractivity contribution < 1.29 is 4.74 Å². The van der Waals surface area contributed by atoms with Gasteiger partial charge in [-0.25, -0.2) is 0 Å². The van der Waals surface area contributed by atoms with Crippen LogP contribution in [0.2, 0.25) is 0 Å². The molecular weight excluding hydrogens is 124 g/mol. The third-order valence-electron chi connectivity index (χ3n) is 1.78. The molecule has 0 aliphatic heterocycles. The number of methoxy groups -OCH3 is 1. The average molecular weight is 143 g/mol. The summed E-state index contributed by atoms with van der Waals surface area (Å²) in [6.45, 7) is 6.02. The molecule has 1 heteroatoms. The largest absolute Gasteiger partial charge is 0.381 e. The minimum atomic E-state index is 0.395. The summed E-state index contributed by atoms with van der Waals surface area (Å²) in [5.41, 5.74) is 0. The fourth-order valence-electron chi connectivity index (χ4n) is 1.00. The highest BCUT2D eigenvalue weighted by molar-refractivity contribution is 4.58. The minimum Gasteiger partial charge on any atom is -0.381 e. The van der Waals surface area contributed by atoms with Crippen LogP contribution in [0.3, 0.4) is 0 Å². The van der Waals surface area contributed by atoms with Crippen LogP contribution in [0.1, 0.15) is 39.0 Å². The predicted octanol–water partition coefficient (Wildman–Crippen LogP) is 2.81. The van der Waals surface area contributed by atoms with Crippen LogP contribution in [0.4, 0.5) is 0 Å². The fourth-order valence-corrected chi connectivity index (χ4v) is 1.00. The Hall–Kier alpha value is -0.0400. The summed E-state index contributed by atoms with van der Waals surface area (Å²) in [6, 6.07) is 0. The third-order valence-corrected chi connectivity index (χ3v) is 1.78. The lowest BCUT2D eigenvalue weighted by Crippen LogP contribution is -2.08. The summed E-state index contributed by atoms with van der Waals surface area (Å²) in [6.07, 6.45) is 6.36. The zero-order valence-corrected chi connectivity index (χ0v) is 7.23. The van der Waals surface area contributed by atoms with E-state index in [1.54, 1.807) is 7.11 Å². The lowest BCUT2D eigenvalue weighted by atomic mass is 10.1. The van der Waals surface area contributed by atoms with Crippen molar-refractivity contribution >= 4 is 0 Å². The van der Waals surface area contributed by atoms with E-state index in [2.05, 4.69) is 13.8 Å². The van der Waals surface area contributed by atoms with E-state index in [0.29, 0.717) is 6.10 Å². The molecule has 1 radical (unpaired) electrons. The van der Waals surface area contributed by atoms with E-state index in [1.165, 1.54) is 25.7 Å². The molecule has 0 rings (SSSR count). The van der Waals surface area contributed by atoms with E-state index in [0.717, 1.165) is 6.42 Å². The number of hydrogen-bond donors (Lipinski definition) is 0. The van der Waals surface area contributed by atoms with Gasteiger partial charge in [0.15, 0.2) is 0 Å². The standard InChI is InChI=1S/C9H19O/c1-4-6-7-8-9(5-2)10-3/h9H,2,4-8H2,1,3H3. The molecule has 0 aromatic rings.